The van der Waals surface area contributed by atoms with E-state index in [-0.39, 0.29) is 23.1 Å². The van der Waals surface area contributed by atoms with Gasteiger partial charge in [0.2, 0.25) is 5.91 Å². The Balaban J connectivity index is 2.05. The number of aromatic hydroxyl groups is 1. The number of phenolic OH excluding ortho intramolecular Hbond substituents is 1. The summed E-state index contributed by atoms with van der Waals surface area (Å²) in [6.45, 7) is 3.09. The fourth-order valence-electron chi connectivity index (χ4n) is 2.97. The van der Waals surface area contributed by atoms with Crippen molar-refractivity contribution < 1.29 is 14.7 Å². The fraction of sp³-hybridized carbons (Fsp3) is 0.529. The van der Waals surface area contributed by atoms with Gasteiger partial charge in [0.1, 0.15) is 5.75 Å². The fourth-order valence-corrected chi connectivity index (χ4v) is 2.97. The van der Waals surface area contributed by atoms with Crippen molar-refractivity contribution in [2.45, 2.75) is 32.2 Å². The average Bonchev–Trinajstić information content (AvgIpc) is 2.48. The SMILES string of the molecule is CC(=O)Nc1ccc(C(=O)N(C)CC2CCCCN2C)c(O)c1. The van der Waals surface area contributed by atoms with Gasteiger partial charge in [-0.15, -0.1) is 0 Å². The van der Waals surface area contributed by atoms with Crippen LogP contribution in [-0.4, -0.2) is 59.9 Å². The third kappa shape index (κ3) is 4.45. The highest BCUT2D eigenvalue weighted by Crippen LogP contribution is 2.24. The van der Waals surface area contributed by atoms with Crippen LogP contribution in [0, 0.1) is 0 Å². The summed E-state index contributed by atoms with van der Waals surface area (Å²) in [6, 6.07) is 4.92. The van der Waals surface area contributed by atoms with E-state index in [2.05, 4.69) is 17.3 Å². The van der Waals surface area contributed by atoms with Crippen LogP contribution >= 0.6 is 0 Å². The number of carbonyl (C=O) groups is 2. The minimum absolute atomic E-state index is 0.120. The lowest BCUT2D eigenvalue weighted by Crippen LogP contribution is -2.45. The number of nitrogens with zero attached hydrogens (tertiary/aromatic N) is 2. The minimum atomic E-state index is -0.221. The highest BCUT2D eigenvalue weighted by molar-refractivity contribution is 5.98. The van der Waals surface area contributed by atoms with Crippen LogP contribution in [0.5, 0.6) is 5.75 Å². The largest absolute Gasteiger partial charge is 0.507 e. The van der Waals surface area contributed by atoms with Gasteiger partial charge in [0, 0.05) is 38.3 Å². The summed E-state index contributed by atoms with van der Waals surface area (Å²) in [5, 5.41) is 12.7. The van der Waals surface area contributed by atoms with Crippen molar-refractivity contribution in [2.24, 2.45) is 0 Å². The van der Waals surface area contributed by atoms with E-state index in [0.717, 1.165) is 13.0 Å². The second-order valence-corrected chi connectivity index (χ2v) is 6.23. The molecule has 23 heavy (non-hydrogen) atoms. The van der Waals surface area contributed by atoms with Crippen LogP contribution in [0.4, 0.5) is 5.69 Å². The van der Waals surface area contributed by atoms with Crippen molar-refractivity contribution in [3.8, 4) is 5.75 Å². The van der Waals surface area contributed by atoms with Gasteiger partial charge in [-0.1, -0.05) is 6.42 Å². The third-order valence-electron chi connectivity index (χ3n) is 4.30. The van der Waals surface area contributed by atoms with Crippen molar-refractivity contribution >= 4 is 17.5 Å². The number of likely N-dealkylation sites (tertiary alicyclic amines) is 1. The topological polar surface area (TPSA) is 72.9 Å². The van der Waals surface area contributed by atoms with Crippen molar-refractivity contribution in [1.82, 2.24) is 9.80 Å². The van der Waals surface area contributed by atoms with Gasteiger partial charge in [-0.25, -0.2) is 0 Å². The normalized spacial score (nSPS) is 18.5. The molecule has 1 aliphatic rings. The molecule has 2 N–H and O–H groups in total. The molecule has 0 aliphatic carbocycles. The lowest BCUT2D eigenvalue weighted by molar-refractivity contribution is -0.114. The molecule has 2 amide bonds. The molecule has 126 valence electrons. The van der Waals surface area contributed by atoms with Gasteiger partial charge in [-0.2, -0.15) is 0 Å². The van der Waals surface area contributed by atoms with Gasteiger partial charge in [0.05, 0.1) is 5.56 Å². The Hall–Kier alpha value is -2.08. The zero-order chi connectivity index (χ0) is 17.0. The second kappa shape index (κ2) is 7.46. The Bertz CT molecular complexity index is 588. The number of piperidine rings is 1. The van der Waals surface area contributed by atoms with Crippen LogP contribution in [0.3, 0.4) is 0 Å². The minimum Gasteiger partial charge on any atom is -0.507 e. The molecular formula is C17H25N3O3. The molecule has 1 fully saturated rings. The van der Waals surface area contributed by atoms with E-state index in [1.54, 1.807) is 24.1 Å². The van der Waals surface area contributed by atoms with E-state index in [0.29, 0.717) is 18.3 Å². The Morgan fingerprint density at radius 2 is 2.13 bits per heavy atom. The van der Waals surface area contributed by atoms with Crippen LogP contribution in [0.25, 0.3) is 0 Å². The van der Waals surface area contributed by atoms with Gasteiger partial charge < -0.3 is 20.2 Å². The molecule has 1 heterocycles. The molecule has 0 spiro atoms. The molecule has 1 unspecified atom stereocenters. The molecule has 0 bridgehead atoms. The van der Waals surface area contributed by atoms with Gasteiger partial charge in [0.25, 0.3) is 5.91 Å². The second-order valence-electron chi connectivity index (χ2n) is 6.23. The van der Waals surface area contributed by atoms with E-state index < -0.39 is 0 Å². The summed E-state index contributed by atoms with van der Waals surface area (Å²) >= 11 is 0. The maximum atomic E-state index is 12.5. The van der Waals surface area contributed by atoms with Crippen LogP contribution in [0.15, 0.2) is 18.2 Å². The number of carbonyl (C=O) groups excluding carboxylic acids is 2. The number of benzene rings is 1. The molecule has 1 atom stereocenters. The smallest absolute Gasteiger partial charge is 0.257 e. The van der Waals surface area contributed by atoms with E-state index in [9.17, 15) is 14.7 Å². The van der Waals surface area contributed by atoms with Crippen molar-refractivity contribution in [1.29, 1.82) is 0 Å². The number of amides is 2. The van der Waals surface area contributed by atoms with E-state index >= 15 is 0 Å². The van der Waals surface area contributed by atoms with Gasteiger partial charge in [0.15, 0.2) is 0 Å². The Kier molecular flexibility index (Phi) is 5.60. The monoisotopic (exact) mass is 319 g/mol. The molecule has 0 aromatic heterocycles. The first-order chi connectivity index (χ1) is 10.9. The molecular weight excluding hydrogens is 294 g/mol. The third-order valence-corrected chi connectivity index (χ3v) is 4.30. The Morgan fingerprint density at radius 1 is 1.39 bits per heavy atom. The van der Waals surface area contributed by atoms with Crippen molar-refractivity contribution in [3.63, 3.8) is 0 Å². The van der Waals surface area contributed by atoms with Gasteiger partial charge in [-0.05, 0) is 38.6 Å². The van der Waals surface area contributed by atoms with Gasteiger partial charge >= 0.3 is 0 Å². The van der Waals surface area contributed by atoms with Crippen LogP contribution < -0.4 is 5.32 Å². The quantitative estimate of drug-likeness (QED) is 0.889. The predicted octanol–water partition coefficient (Wildman–Crippen LogP) is 1.91. The van der Waals surface area contributed by atoms with E-state index in [1.807, 2.05) is 0 Å². The van der Waals surface area contributed by atoms with Crippen LogP contribution in [0.1, 0.15) is 36.5 Å². The van der Waals surface area contributed by atoms with Crippen LogP contribution in [-0.2, 0) is 4.79 Å². The summed E-state index contributed by atoms with van der Waals surface area (Å²) in [7, 11) is 3.84. The number of hydrogen-bond donors (Lipinski definition) is 2. The number of rotatable bonds is 4. The summed E-state index contributed by atoms with van der Waals surface area (Å²) in [4.78, 5) is 27.5. The molecule has 0 saturated carbocycles. The molecule has 1 saturated heterocycles. The summed E-state index contributed by atoms with van der Waals surface area (Å²) in [6.07, 6.45) is 3.48. The summed E-state index contributed by atoms with van der Waals surface area (Å²) in [5.74, 6) is -0.554. The molecule has 1 aliphatic heterocycles. The lowest BCUT2D eigenvalue weighted by Gasteiger charge is -2.35. The predicted molar refractivity (Wildman–Crippen MR) is 89.6 cm³/mol. The first-order valence-corrected chi connectivity index (χ1v) is 7.95. The number of anilines is 1. The number of likely N-dealkylation sites (N-methyl/N-ethyl adjacent to an activating group) is 2. The number of hydrogen-bond acceptors (Lipinski definition) is 4. The Labute approximate surface area is 137 Å². The van der Waals surface area contributed by atoms with E-state index in [1.165, 1.54) is 25.8 Å². The molecule has 2 rings (SSSR count). The lowest BCUT2D eigenvalue weighted by atomic mass is 10.0. The highest BCUT2D eigenvalue weighted by Gasteiger charge is 2.24. The van der Waals surface area contributed by atoms with Gasteiger partial charge in [-0.3, -0.25) is 9.59 Å². The molecule has 6 heteroatoms. The number of phenols is 1. The first-order valence-electron chi connectivity index (χ1n) is 7.95. The molecule has 6 nitrogen and oxygen atoms in total. The first kappa shape index (κ1) is 17.3. The summed E-state index contributed by atoms with van der Waals surface area (Å²) < 4.78 is 0. The maximum Gasteiger partial charge on any atom is 0.257 e. The van der Waals surface area contributed by atoms with Crippen LogP contribution in [0.2, 0.25) is 0 Å². The van der Waals surface area contributed by atoms with Crippen molar-refractivity contribution in [2.75, 3.05) is 32.5 Å². The highest BCUT2D eigenvalue weighted by atomic mass is 16.3. The zero-order valence-electron chi connectivity index (χ0n) is 14.0. The zero-order valence-corrected chi connectivity index (χ0v) is 14.0. The molecule has 0 radical (unpaired) electrons. The average molecular weight is 319 g/mol. The number of nitrogens with one attached hydrogen (secondary N) is 1. The van der Waals surface area contributed by atoms with E-state index in [4.69, 9.17) is 0 Å². The molecule has 1 aromatic carbocycles. The summed E-state index contributed by atoms with van der Waals surface area (Å²) in [5.41, 5.74) is 0.723. The maximum absolute atomic E-state index is 12.5. The standard InChI is InChI=1S/C17H25N3O3/c1-12(21)18-13-7-8-15(16(22)10-13)17(23)20(3)11-14-6-4-5-9-19(14)2/h7-8,10,14,22H,4-6,9,11H2,1-3H3,(H,18,21). The Morgan fingerprint density at radius 3 is 2.74 bits per heavy atom. The van der Waals surface area contributed by atoms with Crippen molar-refractivity contribution in [3.05, 3.63) is 23.8 Å². The molecule has 1 aromatic rings.